The first-order valence-corrected chi connectivity index (χ1v) is 7.51. The molecule has 4 heteroatoms. The van der Waals surface area contributed by atoms with Gasteiger partial charge in [0.2, 0.25) is 0 Å². The molecule has 3 heterocycles. The molecule has 0 radical (unpaired) electrons. The number of hydrogen-bond donors (Lipinski definition) is 0. The number of rotatable bonds is 2. The van der Waals surface area contributed by atoms with E-state index in [1.807, 2.05) is 17.6 Å². The molecular formula is C16H13N3S. The Hall–Kier alpha value is -2.20. The van der Waals surface area contributed by atoms with Crippen molar-refractivity contribution in [2.45, 2.75) is 6.54 Å². The fraction of sp³-hybridized carbons (Fsp3) is 0.125. The molecule has 0 saturated heterocycles. The van der Waals surface area contributed by atoms with Gasteiger partial charge in [-0.3, -0.25) is 4.99 Å². The second-order valence-corrected chi connectivity index (χ2v) is 5.58. The molecule has 0 N–H and O–H groups in total. The van der Waals surface area contributed by atoms with Crippen LogP contribution in [0.4, 0.5) is 0 Å². The molecule has 0 unspecified atom stereocenters. The summed E-state index contributed by atoms with van der Waals surface area (Å²) in [5.41, 5.74) is 4.64. The van der Waals surface area contributed by atoms with Gasteiger partial charge in [-0.25, -0.2) is 4.98 Å². The van der Waals surface area contributed by atoms with E-state index in [1.165, 1.54) is 17.0 Å². The Bertz CT molecular complexity index is 754. The van der Waals surface area contributed by atoms with Gasteiger partial charge in [-0.1, -0.05) is 30.3 Å². The summed E-state index contributed by atoms with van der Waals surface area (Å²) in [6.45, 7) is 1.75. The summed E-state index contributed by atoms with van der Waals surface area (Å²) in [6, 6.07) is 14.7. The van der Waals surface area contributed by atoms with Crippen LogP contribution in [-0.2, 0) is 6.54 Å². The molecule has 0 bridgehead atoms. The molecule has 0 aliphatic carbocycles. The zero-order chi connectivity index (χ0) is 13.4. The van der Waals surface area contributed by atoms with E-state index < -0.39 is 0 Å². The SMILES string of the molecule is c1ccc(C2=NCCn3c2ccc3-c2nccs2)cc1. The van der Waals surface area contributed by atoms with Crippen molar-refractivity contribution < 1.29 is 0 Å². The van der Waals surface area contributed by atoms with Crippen LogP contribution in [0.25, 0.3) is 10.7 Å². The number of fused-ring (bicyclic) bond motifs is 1. The summed E-state index contributed by atoms with van der Waals surface area (Å²) in [5.74, 6) is 0. The van der Waals surface area contributed by atoms with Crippen molar-refractivity contribution in [2.75, 3.05) is 6.54 Å². The van der Waals surface area contributed by atoms with Crippen molar-refractivity contribution in [3.8, 4) is 10.7 Å². The Kier molecular flexibility index (Phi) is 2.74. The van der Waals surface area contributed by atoms with Crippen molar-refractivity contribution >= 4 is 17.0 Å². The number of nitrogens with zero attached hydrogens (tertiary/aromatic N) is 3. The van der Waals surface area contributed by atoms with Gasteiger partial charge in [-0.2, -0.15) is 0 Å². The summed E-state index contributed by atoms with van der Waals surface area (Å²) >= 11 is 1.68. The smallest absolute Gasteiger partial charge is 0.139 e. The highest BCUT2D eigenvalue weighted by molar-refractivity contribution is 7.13. The summed E-state index contributed by atoms with van der Waals surface area (Å²) in [6.07, 6.45) is 1.86. The molecule has 4 rings (SSSR count). The molecule has 0 saturated carbocycles. The molecule has 3 aromatic rings. The van der Waals surface area contributed by atoms with Crippen LogP contribution in [0.1, 0.15) is 11.3 Å². The second-order valence-electron chi connectivity index (χ2n) is 4.69. The largest absolute Gasteiger partial charge is 0.335 e. The Morgan fingerprint density at radius 2 is 1.85 bits per heavy atom. The van der Waals surface area contributed by atoms with E-state index in [1.54, 1.807) is 11.3 Å². The topological polar surface area (TPSA) is 30.2 Å². The lowest BCUT2D eigenvalue weighted by molar-refractivity contribution is 0.696. The first kappa shape index (κ1) is 11.6. The maximum Gasteiger partial charge on any atom is 0.139 e. The van der Waals surface area contributed by atoms with Gasteiger partial charge in [-0.15, -0.1) is 11.3 Å². The highest BCUT2D eigenvalue weighted by Gasteiger charge is 2.19. The number of thiazole rings is 1. The minimum absolute atomic E-state index is 0.824. The zero-order valence-corrected chi connectivity index (χ0v) is 11.7. The third-order valence-corrected chi connectivity index (χ3v) is 4.31. The van der Waals surface area contributed by atoms with Gasteiger partial charge in [0.25, 0.3) is 0 Å². The molecule has 0 fully saturated rings. The highest BCUT2D eigenvalue weighted by Crippen LogP contribution is 2.27. The molecule has 1 aliphatic rings. The van der Waals surface area contributed by atoms with E-state index >= 15 is 0 Å². The zero-order valence-electron chi connectivity index (χ0n) is 10.9. The number of aliphatic imine (C=N–C) groups is 1. The Labute approximate surface area is 121 Å². The van der Waals surface area contributed by atoms with Gasteiger partial charge in [0, 0.05) is 23.7 Å². The first-order valence-electron chi connectivity index (χ1n) is 6.63. The Morgan fingerprint density at radius 1 is 1.00 bits per heavy atom. The normalized spacial score (nSPS) is 13.9. The monoisotopic (exact) mass is 279 g/mol. The predicted molar refractivity (Wildman–Crippen MR) is 82.5 cm³/mol. The summed E-state index contributed by atoms with van der Waals surface area (Å²) in [4.78, 5) is 9.14. The van der Waals surface area contributed by atoms with Crippen LogP contribution >= 0.6 is 11.3 Å². The average molecular weight is 279 g/mol. The van der Waals surface area contributed by atoms with Crippen LogP contribution in [0.5, 0.6) is 0 Å². The Morgan fingerprint density at radius 3 is 2.65 bits per heavy atom. The van der Waals surface area contributed by atoms with Crippen LogP contribution < -0.4 is 0 Å². The van der Waals surface area contributed by atoms with Crippen molar-refractivity contribution in [1.82, 2.24) is 9.55 Å². The van der Waals surface area contributed by atoms with Gasteiger partial charge in [-0.05, 0) is 12.1 Å². The summed E-state index contributed by atoms with van der Waals surface area (Å²) in [5, 5.41) is 3.09. The highest BCUT2D eigenvalue weighted by atomic mass is 32.1. The molecule has 20 heavy (non-hydrogen) atoms. The molecule has 3 nitrogen and oxygen atoms in total. The lowest BCUT2D eigenvalue weighted by atomic mass is 10.1. The molecule has 0 amide bonds. The van der Waals surface area contributed by atoms with Gasteiger partial charge in [0.15, 0.2) is 0 Å². The molecule has 1 aliphatic heterocycles. The van der Waals surface area contributed by atoms with Gasteiger partial charge < -0.3 is 4.57 Å². The minimum atomic E-state index is 0.824. The fourth-order valence-corrected chi connectivity index (χ4v) is 3.30. The first-order chi connectivity index (χ1) is 9.93. The number of aromatic nitrogens is 2. The number of hydrogen-bond acceptors (Lipinski definition) is 3. The van der Waals surface area contributed by atoms with E-state index in [0.717, 1.165) is 23.8 Å². The standard InChI is InChI=1S/C16H13N3S/c1-2-4-12(5-3-1)15-13-6-7-14(16-18-9-11-20-16)19(13)10-8-17-15/h1-7,9,11H,8,10H2. The van der Waals surface area contributed by atoms with Crippen LogP contribution in [-0.4, -0.2) is 21.8 Å². The van der Waals surface area contributed by atoms with Crippen LogP contribution in [0.15, 0.2) is 59.0 Å². The van der Waals surface area contributed by atoms with Crippen molar-refractivity contribution in [3.05, 3.63) is 65.3 Å². The fourth-order valence-electron chi connectivity index (χ4n) is 2.63. The van der Waals surface area contributed by atoms with E-state index in [9.17, 15) is 0 Å². The van der Waals surface area contributed by atoms with E-state index in [2.05, 4.69) is 45.9 Å². The van der Waals surface area contributed by atoms with Gasteiger partial charge in [0.1, 0.15) is 5.01 Å². The maximum atomic E-state index is 4.71. The van der Waals surface area contributed by atoms with E-state index in [4.69, 9.17) is 4.99 Å². The van der Waals surface area contributed by atoms with Gasteiger partial charge in [0.05, 0.1) is 23.6 Å². The van der Waals surface area contributed by atoms with Crippen LogP contribution in [0, 0.1) is 0 Å². The predicted octanol–water partition coefficient (Wildman–Crippen LogP) is 3.46. The molecule has 0 atom stereocenters. The molecule has 0 spiro atoms. The summed E-state index contributed by atoms with van der Waals surface area (Å²) < 4.78 is 2.33. The lowest BCUT2D eigenvalue weighted by Crippen LogP contribution is -2.19. The lowest BCUT2D eigenvalue weighted by Gasteiger charge is -2.18. The average Bonchev–Trinajstić information content (AvgIpc) is 3.16. The maximum absolute atomic E-state index is 4.71. The van der Waals surface area contributed by atoms with Gasteiger partial charge >= 0.3 is 0 Å². The van der Waals surface area contributed by atoms with E-state index in [0.29, 0.717) is 0 Å². The molecular weight excluding hydrogens is 266 g/mol. The number of benzene rings is 1. The summed E-state index contributed by atoms with van der Waals surface area (Å²) in [7, 11) is 0. The van der Waals surface area contributed by atoms with Crippen LogP contribution in [0.3, 0.4) is 0 Å². The van der Waals surface area contributed by atoms with Crippen molar-refractivity contribution in [2.24, 2.45) is 4.99 Å². The third-order valence-electron chi connectivity index (χ3n) is 3.52. The molecule has 2 aromatic heterocycles. The second kappa shape index (κ2) is 4.72. The van der Waals surface area contributed by atoms with E-state index in [-0.39, 0.29) is 0 Å². The molecule has 1 aromatic carbocycles. The molecule has 98 valence electrons. The quantitative estimate of drug-likeness (QED) is 0.706. The minimum Gasteiger partial charge on any atom is -0.335 e. The Balaban J connectivity index is 1.84. The van der Waals surface area contributed by atoms with Crippen LogP contribution in [0.2, 0.25) is 0 Å². The van der Waals surface area contributed by atoms with Crippen molar-refractivity contribution in [3.63, 3.8) is 0 Å². The van der Waals surface area contributed by atoms with Crippen molar-refractivity contribution in [1.29, 1.82) is 0 Å². The third kappa shape index (κ3) is 1.80.